The predicted molar refractivity (Wildman–Crippen MR) is 96.6 cm³/mol. The van der Waals surface area contributed by atoms with Gasteiger partial charge in [-0.05, 0) is 49.7 Å². The van der Waals surface area contributed by atoms with Crippen LogP contribution in [0.15, 0.2) is 36.4 Å². The third-order valence-corrected chi connectivity index (χ3v) is 5.44. The Balaban J connectivity index is 2.06. The minimum absolute atomic E-state index is 0.00984. The Morgan fingerprint density at radius 1 is 1.10 bits per heavy atom. The molecule has 1 fully saturated rings. The highest BCUT2D eigenvalue weighted by atomic mass is 35.5. The zero-order valence-corrected chi connectivity index (χ0v) is 15.8. The molecule has 156 valence electrons. The Labute approximate surface area is 168 Å². The van der Waals surface area contributed by atoms with Crippen LogP contribution in [-0.2, 0) is 11.0 Å². The van der Waals surface area contributed by atoms with E-state index in [1.807, 2.05) is 0 Å². The number of likely N-dealkylation sites (tertiary alicyclic amines) is 1. The van der Waals surface area contributed by atoms with Gasteiger partial charge in [0, 0.05) is 11.6 Å². The fourth-order valence-corrected chi connectivity index (χ4v) is 3.87. The van der Waals surface area contributed by atoms with Crippen LogP contribution in [0.5, 0.6) is 0 Å². The second kappa shape index (κ2) is 8.28. The maximum atomic E-state index is 14.6. The number of carbonyl (C=O) groups is 1. The summed E-state index contributed by atoms with van der Waals surface area (Å²) < 4.78 is 67.9. The van der Waals surface area contributed by atoms with E-state index < -0.39 is 46.3 Å². The summed E-state index contributed by atoms with van der Waals surface area (Å²) in [5, 5.41) is 8.69. The SMILES string of the molecule is O=C(O)C1CCN(C(c2ccc(Cl)c(C(F)(F)F)c2)c2ccc(F)cc2F)CC1. The summed E-state index contributed by atoms with van der Waals surface area (Å²) in [4.78, 5) is 12.9. The number of halogens is 6. The van der Waals surface area contributed by atoms with Crippen LogP contribution in [0.2, 0.25) is 5.02 Å². The molecule has 1 heterocycles. The van der Waals surface area contributed by atoms with E-state index in [0.717, 1.165) is 18.2 Å². The van der Waals surface area contributed by atoms with Crippen molar-refractivity contribution < 1.29 is 31.9 Å². The molecule has 1 aliphatic rings. The van der Waals surface area contributed by atoms with Crippen LogP contribution in [0.25, 0.3) is 0 Å². The van der Waals surface area contributed by atoms with Gasteiger partial charge in [-0.25, -0.2) is 8.78 Å². The first-order valence-corrected chi connectivity index (χ1v) is 9.24. The smallest absolute Gasteiger partial charge is 0.417 e. The van der Waals surface area contributed by atoms with E-state index in [0.29, 0.717) is 6.07 Å². The Morgan fingerprint density at radius 2 is 1.76 bits per heavy atom. The Hall–Kier alpha value is -2.19. The number of alkyl halides is 3. The minimum atomic E-state index is -4.70. The largest absolute Gasteiger partial charge is 0.481 e. The molecular weight excluding hydrogens is 417 g/mol. The first-order chi connectivity index (χ1) is 13.6. The molecule has 2 aromatic carbocycles. The van der Waals surface area contributed by atoms with Gasteiger partial charge in [-0.3, -0.25) is 9.69 Å². The summed E-state index contributed by atoms with van der Waals surface area (Å²) in [6.45, 7) is 0.477. The van der Waals surface area contributed by atoms with Crippen molar-refractivity contribution in [1.29, 1.82) is 0 Å². The number of benzene rings is 2. The van der Waals surface area contributed by atoms with E-state index in [-0.39, 0.29) is 37.1 Å². The topological polar surface area (TPSA) is 40.5 Å². The number of hydrogen-bond donors (Lipinski definition) is 1. The summed E-state index contributed by atoms with van der Waals surface area (Å²) in [7, 11) is 0. The van der Waals surface area contributed by atoms with Crippen molar-refractivity contribution in [2.75, 3.05) is 13.1 Å². The van der Waals surface area contributed by atoms with Gasteiger partial charge in [-0.15, -0.1) is 0 Å². The molecule has 9 heteroatoms. The average Bonchev–Trinajstić information content (AvgIpc) is 2.64. The summed E-state index contributed by atoms with van der Waals surface area (Å²) in [6.07, 6.45) is -4.15. The highest BCUT2D eigenvalue weighted by molar-refractivity contribution is 6.31. The van der Waals surface area contributed by atoms with Crippen molar-refractivity contribution in [3.05, 3.63) is 69.7 Å². The van der Waals surface area contributed by atoms with E-state index in [4.69, 9.17) is 16.7 Å². The molecule has 0 radical (unpaired) electrons. The van der Waals surface area contributed by atoms with E-state index in [1.54, 1.807) is 4.90 Å². The number of aliphatic carboxylic acids is 1. The van der Waals surface area contributed by atoms with Gasteiger partial charge in [0.1, 0.15) is 11.6 Å². The van der Waals surface area contributed by atoms with Crippen LogP contribution < -0.4 is 0 Å². The standard InChI is InChI=1S/C20H17ClF5NO2/c21-16-4-1-12(9-15(16)20(24,25)26)18(14-3-2-13(22)10-17(14)23)27-7-5-11(6-8-27)19(28)29/h1-4,9-11,18H,5-8H2,(H,28,29). The zero-order chi connectivity index (χ0) is 21.3. The normalized spacial score (nSPS) is 17.3. The second-order valence-electron chi connectivity index (χ2n) is 6.95. The average molecular weight is 434 g/mol. The molecule has 2 aromatic rings. The molecule has 0 aliphatic carbocycles. The summed E-state index contributed by atoms with van der Waals surface area (Å²) in [5.74, 6) is -3.21. The minimum Gasteiger partial charge on any atom is -0.481 e. The van der Waals surface area contributed by atoms with Crippen molar-refractivity contribution in [2.45, 2.75) is 25.1 Å². The lowest BCUT2D eigenvalue weighted by Gasteiger charge is -2.37. The van der Waals surface area contributed by atoms with Crippen molar-refractivity contribution in [1.82, 2.24) is 4.90 Å². The van der Waals surface area contributed by atoms with E-state index in [1.165, 1.54) is 12.1 Å². The van der Waals surface area contributed by atoms with Crippen LogP contribution >= 0.6 is 11.6 Å². The molecule has 0 bridgehead atoms. The molecule has 0 amide bonds. The van der Waals surface area contributed by atoms with Gasteiger partial charge in [0.05, 0.1) is 22.5 Å². The van der Waals surface area contributed by atoms with Gasteiger partial charge >= 0.3 is 12.1 Å². The monoisotopic (exact) mass is 433 g/mol. The third-order valence-electron chi connectivity index (χ3n) is 5.11. The number of hydrogen-bond acceptors (Lipinski definition) is 2. The van der Waals surface area contributed by atoms with Crippen molar-refractivity contribution in [2.24, 2.45) is 5.92 Å². The van der Waals surface area contributed by atoms with Crippen LogP contribution in [0.4, 0.5) is 22.0 Å². The molecule has 1 saturated heterocycles. The van der Waals surface area contributed by atoms with Gasteiger partial charge in [-0.1, -0.05) is 23.7 Å². The van der Waals surface area contributed by atoms with E-state index in [9.17, 15) is 26.7 Å². The summed E-state index contributed by atoms with van der Waals surface area (Å²) in [6, 6.07) is 5.29. The number of piperidine rings is 1. The lowest BCUT2D eigenvalue weighted by molar-refractivity contribution is -0.143. The summed E-state index contributed by atoms with van der Waals surface area (Å²) >= 11 is 5.70. The quantitative estimate of drug-likeness (QED) is 0.645. The van der Waals surface area contributed by atoms with Gasteiger partial charge < -0.3 is 5.11 Å². The van der Waals surface area contributed by atoms with Crippen LogP contribution in [0.3, 0.4) is 0 Å². The maximum absolute atomic E-state index is 14.6. The number of nitrogens with zero attached hydrogens (tertiary/aromatic N) is 1. The van der Waals surface area contributed by atoms with Crippen molar-refractivity contribution in [3.8, 4) is 0 Å². The Kier molecular flexibility index (Phi) is 6.14. The van der Waals surface area contributed by atoms with Crippen molar-refractivity contribution in [3.63, 3.8) is 0 Å². The molecule has 0 saturated carbocycles. The van der Waals surface area contributed by atoms with Gasteiger partial charge in [0.25, 0.3) is 0 Å². The number of carboxylic acids is 1. The molecule has 29 heavy (non-hydrogen) atoms. The molecule has 1 atom stereocenters. The molecule has 1 aliphatic heterocycles. The zero-order valence-electron chi connectivity index (χ0n) is 15.0. The molecular formula is C20H17ClF5NO2. The first kappa shape index (κ1) is 21.5. The Bertz CT molecular complexity index is 910. The van der Waals surface area contributed by atoms with Crippen LogP contribution in [0, 0.1) is 17.6 Å². The molecule has 0 aromatic heterocycles. The van der Waals surface area contributed by atoms with Gasteiger partial charge in [-0.2, -0.15) is 13.2 Å². The predicted octanol–water partition coefficient (Wildman–Crippen LogP) is 5.52. The Morgan fingerprint density at radius 3 is 2.31 bits per heavy atom. The van der Waals surface area contributed by atoms with Gasteiger partial charge in [0.2, 0.25) is 0 Å². The van der Waals surface area contributed by atoms with Crippen molar-refractivity contribution >= 4 is 17.6 Å². The van der Waals surface area contributed by atoms with Crippen LogP contribution in [-0.4, -0.2) is 29.1 Å². The van der Waals surface area contributed by atoms with E-state index >= 15 is 0 Å². The van der Waals surface area contributed by atoms with Crippen LogP contribution in [0.1, 0.15) is 35.6 Å². The maximum Gasteiger partial charge on any atom is 0.417 e. The molecule has 3 nitrogen and oxygen atoms in total. The molecule has 3 rings (SSSR count). The number of rotatable bonds is 4. The molecule has 1 N–H and O–H groups in total. The lowest BCUT2D eigenvalue weighted by Crippen LogP contribution is -2.39. The second-order valence-corrected chi connectivity index (χ2v) is 7.36. The third kappa shape index (κ3) is 4.70. The molecule has 1 unspecified atom stereocenters. The van der Waals surface area contributed by atoms with E-state index in [2.05, 4.69) is 0 Å². The molecule has 0 spiro atoms. The summed E-state index contributed by atoms with van der Waals surface area (Å²) in [5.41, 5.74) is -0.902. The van der Waals surface area contributed by atoms with Gasteiger partial charge in [0.15, 0.2) is 0 Å². The first-order valence-electron chi connectivity index (χ1n) is 8.86. The highest BCUT2D eigenvalue weighted by Gasteiger charge is 2.36. The number of carboxylic acid groups (broad SMARTS) is 1. The fraction of sp³-hybridized carbons (Fsp3) is 0.350. The lowest BCUT2D eigenvalue weighted by atomic mass is 9.90. The fourth-order valence-electron chi connectivity index (χ4n) is 3.65. The highest BCUT2D eigenvalue weighted by Crippen LogP contribution is 2.40.